The van der Waals surface area contributed by atoms with E-state index in [1.54, 1.807) is 4.72 Å². The summed E-state index contributed by atoms with van der Waals surface area (Å²) in [5, 5.41) is 0. The zero-order valence-electron chi connectivity index (χ0n) is 8.10. The molecule has 0 atom stereocenters. The second-order valence-corrected chi connectivity index (χ2v) is 5.40. The Kier molecular flexibility index (Phi) is 3.32. The van der Waals surface area contributed by atoms with Crippen molar-refractivity contribution in [2.45, 2.75) is 30.8 Å². The Morgan fingerprint density at radius 1 is 1.27 bits per heavy atom. The number of hydrogen-bond donors (Lipinski definition) is 1. The molecule has 0 aromatic rings. The minimum absolute atomic E-state index is 0.238. The first-order valence-corrected chi connectivity index (χ1v) is 5.83. The summed E-state index contributed by atoms with van der Waals surface area (Å²) in [6, 6.07) is 0. The molecule has 0 bridgehead atoms. The molecule has 0 unspecified atom stereocenters. The molecule has 1 saturated heterocycles. The lowest BCUT2D eigenvalue weighted by atomic mass is 9.94. The van der Waals surface area contributed by atoms with Crippen LogP contribution in [0.2, 0.25) is 0 Å². The van der Waals surface area contributed by atoms with Gasteiger partial charge in [0, 0.05) is 18.8 Å². The number of hydrogen-bond acceptors (Lipinski definition) is 3. The summed E-state index contributed by atoms with van der Waals surface area (Å²) >= 11 is 0. The zero-order chi connectivity index (χ0) is 11.7. The van der Waals surface area contributed by atoms with Gasteiger partial charge < -0.3 is 4.74 Å². The molecule has 1 aliphatic rings. The maximum Gasteiger partial charge on any atom is 0.511 e. The van der Waals surface area contributed by atoms with Gasteiger partial charge in [0.2, 0.25) is 0 Å². The van der Waals surface area contributed by atoms with Crippen LogP contribution in [0, 0.1) is 0 Å². The van der Waals surface area contributed by atoms with Gasteiger partial charge in [-0.1, -0.05) is 0 Å². The highest BCUT2D eigenvalue weighted by Gasteiger charge is 2.49. The maximum absolute atomic E-state index is 12.1. The summed E-state index contributed by atoms with van der Waals surface area (Å²) in [6.45, 7) is 1.96. The largest absolute Gasteiger partial charge is 0.511 e. The molecule has 0 aromatic carbocycles. The predicted octanol–water partition coefficient (Wildman–Crippen LogP) is 0.995. The van der Waals surface area contributed by atoms with Crippen molar-refractivity contribution in [2.24, 2.45) is 0 Å². The fourth-order valence-corrected chi connectivity index (χ4v) is 2.27. The maximum atomic E-state index is 12.1. The fourth-order valence-electron chi connectivity index (χ4n) is 1.31. The van der Waals surface area contributed by atoms with Crippen molar-refractivity contribution >= 4 is 10.0 Å². The van der Waals surface area contributed by atoms with E-state index in [0.29, 0.717) is 0 Å². The Morgan fingerprint density at radius 2 is 1.73 bits per heavy atom. The molecule has 0 spiro atoms. The molecule has 1 N–H and O–H groups in total. The van der Waals surface area contributed by atoms with Crippen molar-refractivity contribution in [3.8, 4) is 0 Å². The van der Waals surface area contributed by atoms with Crippen molar-refractivity contribution in [1.82, 2.24) is 4.72 Å². The number of nitrogens with one attached hydrogen (secondary N) is 1. The molecular weight excluding hydrogens is 235 g/mol. The van der Waals surface area contributed by atoms with Crippen LogP contribution in [-0.4, -0.2) is 32.7 Å². The van der Waals surface area contributed by atoms with Crippen LogP contribution in [0.15, 0.2) is 0 Å². The number of rotatable bonds is 2. The molecule has 0 amide bonds. The topological polar surface area (TPSA) is 55.4 Å². The first-order valence-electron chi connectivity index (χ1n) is 4.34. The predicted molar refractivity (Wildman–Crippen MR) is 46.6 cm³/mol. The lowest BCUT2D eigenvalue weighted by Crippen LogP contribution is -2.53. The molecule has 1 aliphatic heterocycles. The Hall–Kier alpha value is -0.340. The second-order valence-electron chi connectivity index (χ2n) is 3.72. The third-order valence-electron chi connectivity index (χ3n) is 2.28. The van der Waals surface area contributed by atoms with Gasteiger partial charge in [-0.3, -0.25) is 0 Å². The van der Waals surface area contributed by atoms with E-state index >= 15 is 0 Å². The van der Waals surface area contributed by atoms with E-state index in [-0.39, 0.29) is 26.1 Å². The number of alkyl halides is 3. The molecule has 90 valence electrons. The average Bonchev–Trinajstić information content (AvgIpc) is 2.00. The SMILES string of the molecule is CC1(NS(=O)(=O)C(F)(F)F)CCOCC1. The highest BCUT2D eigenvalue weighted by atomic mass is 32.2. The third kappa shape index (κ3) is 3.05. The molecule has 0 radical (unpaired) electrons. The van der Waals surface area contributed by atoms with Crippen LogP contribution in [0.3, 0.4) is 0 Å². The lowest BCUT2D eigenvalue weighted by Gasteiger charge is -2.34. The number of sulfonamides is 1. The van der Waals surface area contributed by atoms with E-state index in [2.05, 4.69) is 0 Å². The summed E-state index contributed by atoms with van der Waals surface area (Å²) < 4.78 is 64.6. The Morgan fingerprint density at radius 3 is 2.13 bits per heavy atom. The first kappa shape index (κ1) is 12.7. The van der Waals surface area contributed by atoms with Gasteiger partial charge >= 0.3 is 15.5 Å². The molecule has 1 fully saturated rings. The Labute approximate surface area is 85.8 Å². The van der Waals surface area contributed by atoms with Crippen molar-refractivity contribution in [3.63, 3.8) is 0 Å². The van der Waals surface area contributed by atoms with E-state index in [9.17, 15) is 21.6 Å². The molecule has 0 aliphatic carbocycles. The molecule has 1 rings (SSSR count). The highest BCUT2D eigenvalue weighted by Crippen LogP contribution is 2.27. The minimum Gasteiger partial charge on any atom is -0.381 e. The smallest absolute Gasteiger partial charge is 0.381 e. The third-order valence-corrected chi connectivity index (χ3v) is 3.65. The van der Waals surface area contributed by atoms with Gasteiger partial charge in [-0.05, 0) is 19.8 Å². The van der Waals surface area contributed by atoms with Gasteiger partial charge in [0.1, 0.15) is 0 Å². The Bertz CT molecular complexity index is 319. The van der Waals surface area contributed by atoms with Crippen LogP contribution in [0.1, 0.15) is 19.8 Å². The van der Waals surface area contributed by atoms with Crippen LogP contribution >= 0.6 is 0 Å². The normalized spacial score (nSPS) is 22.7. The van der Waals surface area contributed by atoms with E-state index in [0.717, 1.165) is 0 Å². The minimum atomic E-state index is -5.26. The van der Waals surface area contributed by atoms with Crippen LogP contribution in [0.5, 0.6) is 0 Å². The van der Waals surface area contributed by atoms with Crippen LogP contribution in [-0.2, 0) is 14.8 Å². The molecule has 0 saturated carbocycles. The quantitative estimate of drug-likeness (QED) is 0.791. The average molecular weight is 247 g/mol. The zero-order valence-corrected chi connectivity index (χ0v) is 8.91. The number of ether oxygens (including phenoxy) is 1. The van der Waals surface area contributed by atoms with E-state index in [4.69, 9.17) is 4.74 Å². The van der Waals surface area contributed by atoms with Gasteiger partial charge in [0.15, 0.2) is 0 Å². The van der Waals surface area contributed by atoms with Crippen molar-refractivity contribution in [2.75, 3.05) is 13.2 Å². The van der Waals surface area contributed by atoms with E-state index in [1.165, 1.54) is 6.92 Å². The molecule has 1 heterocycles. The van der Waals surface area contributed by atoms with Gasteiger partial charge in [-0.25, -0.2) is 13.1 Å². The van der Waals surface area contributed by atoms with Crippen LogP contribution < -0.4 is 4.72 Å². The van der Waals surface area contributed by atoms with Gasteiger partial charge in [-0.2, -0.15) is 13.2 Å². The molecule has 0 aromatic heterocycles. The molecule has 8 heteroatoms. The van der Waals surface area contributed by atoms with Gasteiger partial charge in [-0.15, -0.1) is 0 Å². The highest BCUT2D eigenvalue weighted by molar-refractivity contribution is 7.90. The monoisotopic (exact) mass is 247 g/mol. The summed E-state index contributed by atoms with van der Waals surface area (Å²) in [6.07, 6.45) is 0.477. The van der Waals surface area contributed by atoms with E-state index in [1.807, 2.05) is 0 Å². The summed E-state index contributed by atoms with van der Waals surface area (Å²) in [4.78, 5) is 0. The van der Waals surface area contributed by atoms with Crippen LogP contribution in [0.25, 0.3) is 0 Å². The first-order chi connectivity index (χ1) is 6.66. The lowest BCUT2D eigenvalue weighted by molar-refractivity contribution is -0.0467. The van der Waals surface area contributed by atoms with Crippen molar-refractivity contribution < 1.29 is 26.3 Å². The molecule has 4 nitrogen and oxygen atoms in total. The van der Waals surface area contributed by atoms with Gasteiger partial charge in [0.05, 0.1) is 0 Å². The molecule has 15 heavy (non-hydrogen) atoms. The van der Waals surface area contributed by atoms with Gasteiger partial charge in [0.25, 0.3) is 0 Å². The second kappa shape index (κ2) is 3.91. The summed E-state index contributed by atoms with van der Waals surface area (Å²) in [5.74, 6) is 0. The Balaban J connectivity index is 2.76. The summed E-state index contributed by atoms with van der Waals surface area (Å²) in [7, 11) is -5.26. The molecular formula is C7H12F3NO3S. The van der Waals surface area contributed by atoms with Crippen LogP contribution in [0.4, 0.5) is 13.2 Å². The number of halogens is 3. The standard InChI is InChI=1S/C7H12F3NO3S/c1-6(2-4-14-5-3-6)11-15(12,13)7(8,9)10/h11H,2-5H2,1H3. The van der Waals surface area contributed by atoms with Crippen molar-refractivity contribution in [3.05, 3.63) is 0 Å². The van der Waals surface area contributed by atoms with Crippen molar-refractivity contribution in [1.29, 1.82) is 0 Å². The van der Waals surface area contributed by atoms with E-state index < -0.39 is 21.1 Å². The summed E-state index contributed by atoms with van der Waals surface area (Å²) in [5.41, 5.74) is -6.32. The fraction of sp³-hybridized carbons (Fsp3) is 1.00.